The number of nitrogens with one attached hydrogen (secondary N) is 1. The molecular weight excluding hydrogens is 308 g/mol. The molecule has 0 aliphatic rings. The molecule has 1 amide bonds. The van der Waals surface area contributed by atoms with Crippen molar-refractivity contribution >= 4 is 5.91 Å². The van der Waals surface area contributed by atoms with Crippen LogP contribution in [0.15, 0.2) is 48.7 Å². The average molecular weight is 330 g/mol. The van der Waals surface area contributed by atoms with E-state index in [-0.39, 0.29) is 5.69 Å². The molecule has 2 aromatic rings. The fourth-order valence-corrected chi connectivity index (χ4v) is 2.16. The van der Waals surface area contributed by atoms with Crippen LogP contribution in [-0.4, -0.2) is 25.7 Å². The molecule has 1 N–H and O–H groups in total. The molecule has 1 heterocycles. The molecule has 0 spiro atoms. The van der Waals surface area contributed by atoms with E-state index in [0.717, 1.165) is 11.1 Å². The normalized spacial score (nSPS) is 10.5. The quantitative estimate of drug-likeness (QED) is 0.432. The lowest BCUT2D eigenvalue weighted by atomic mass is 10.1. The maximum Gasteiger partial charge on any atom is 0.317 e. The van der Waals surface area contributed by atoms with E-state index in [2.05, 4.69) is 5.32 Å². The van der Waals surface area contributed by atoms with Gasteiger partial charge in [0.25, 0.3) is 5.69 Å². The monoisotopic (exact) mass is 330 g/mol. The molecule has 6 heteroatoms. The fraction of sp³-hybridized carbons (Fsp3) is 0.333. The standard InChI is InChI=1S/C18H22N2O4/c1-2-23-10-11-24-14-16-7-5-6-15(12-16)13-19-18(21)17-8-3-4-9-20(17)22/h3-9,12H,2,10-11,13-14H2,1H3,(H,19,21). The maximum atomic E-state index is 12.0. The Kier molecular flexibility index (Phi) is 7.20. The number of benzene rings is 1. The molecule has 6 nitrogen and oxygen atoms in total. The minimum absolute atomic E-state index is 0.0768. The number of aromatic nitrogens is 1. The van der Waals surface area contributed by atoms with Crippen LogP contribution in [-0.2, 0) is 22.6 Å². The zero-order chi connectivity index (χ0) is 17.2. The molecule has 2 rings (SSSR count). The summed E-state index contributed by atoms with van der Waals surface area (Å²) < 4.78 is 11.3. The molecule has 0 fully saturated rings. The minimum atomic E-state index is -0.399. The number of rotatable bonds is 9. The van der Waals surface area contributed by atoms with Gasteiger partial charge in [0.2, 0.25) is 0 Å². The molecule has 128 valence electrons. The van der Waals surface area contributed by atoms with Crippen LogP contribution in [0.4, 0.5) is 0 Å². The second-order valence-electron chi connectivity index (χ2n) is 5.16. The van der Waals surface area contributed by atoms with Gasteiger partial charge in [-0.1, -0.05) is 24.3 Å². The van der Waals surface area contributed by atoms with E-state index in [4.69, 9.17) is 9.47 Å². The first-order valence-electron chi connectivity index (χ1n) is 7.90. The van der Waals surface area contributed by atoms with Crippen molar-refractivity contribution in [2.24, 2.45) is 0 Å². The molecule has 24 heavy (non-hydrogen) atoms. The van der Waals surface area contributed by atoms with Crippen molar-refractivity contribution in [2.75, 3.05) is 19.8 Å². The average Bonchev–Trinajstić information content (AvgIpc) is 2.60. The second-order valence-corrected chi connectivity index (χ2v) is 5.16. The van der Waals surface area contributed by atoms with Crippen molar-refractivity contribution in [3.63, 3.8) is 0 Å². The van der Waals surface area contributed by atoms with Gasteiger partial charge in [-0.05, 0) is 24.1 Å². The maximum absolute atomic E-state index is 12.0. The van der Waals surface area contributed by atoms with E-state index in [0.29, 0.717) is 37.7 Å². The zero-order valence-electron chi connectivity index (χ0n) is 13.7. The van der Waals surface area contributed by atoms with Gasteiger partial charge in [-0.15, -0.1) is 0 Å². The van der Waals surface area contributed by atoms with Crippen molar-refractivity contribution in [2.45, 2.75) is 20.1 Å². The number of ether oxygens (including phenoxy) is 2. The smallest absolute Gasteiger partial charge is 0.317 e. The van der Waals surface area contributed by atoms with Crippen molar-refractivity contribution in [1.82, 2.24) is 5.32 Å². The summed E-state index contributed by atoms with van der Waals surface area (Å²) in [5.74, 6) is -0.399. The lowest BCUT2D eigenvalue weighted by Crippen LogP contribution is -2.38. The number of pyridine rings is 1. The van der Waals surface area contributed by atoms with Crippen LogP contribution in [0.5, 0.6) is 0 Å². The molecule has 0 saturated heterocycles. The number of carbonyl (C=O) groups excluding carboxylic acids is 1. The molecular formula is C18H22N2O4. The van der Waals surface area contributed by atoms with Gasteiger partial charge >= 0.3 is 5.91 Å². The number of hydrogen-bond acceptors (Lipinski definition) is 4. The SMILES string of the molecule is CCOCCOCc1cccc(CNC(=O)c2cccc[n+]2[O-])c1. The summed E-state index contributed by atoms with van der Waals surface area (Å²) in [5, 5.41) is 14.3. The van der Waals surface area contributed by atoms with Crippen LogP contribution < -0.4 is 10.0 Å². The van der Waals surface area contributed by atoms with E-state index in [9.17, 15) is 10.0 Å². The van der Waals surface area contributed by atoms with E-state index < -0.39 is 5.91 Å². The van der Waals surface area contributed by atoms with Crippen LogP contribution in [0.3, 0.4) is 0 Å². The second kappa shape index (κ2) is 9.64. The summed E-state index contributed by atoms with van der Waals surface area (Å²) in [6, 6.07) is 12.5. The Morgan fingerprint density at radius 3 is 2.71 bits per heavy atom. The van der Waals surface area contributed by atoms with Crippen molar-refractivity contribution in [3.05, 3.63) is 70.7 Å². The highest BCUT2D eigenvalue weighted by atomic mass is 16.5. The van der Waals surface area contributed by atoms with Gasteiger partial charge in [0, 0.05) is 25.3 Å². The summed E-state index contributed by atoms with van der Waals surface area (Å²) in [7, 11) is 0. The summed E-state index contributed by atoms with van der Waals surface area (Å²) >= 11 is 0. The molecule has 1 aromatic carbocycles. The first-order chi connectivity index (χ1) is 11.7. The van der Waals surface area contributed by atoms with E-state index in [1.54, 1.807) is 12.1 Å². The Labute approximate surface area is 141 Å². The molecule has 0 unspecified atom stereocenters. The predicted molar refractivity (Wildman–Crippen MR) is 89.2 cm³/mol. The van der Waals surface area contributed by atoms with Gasteiger partial charge in [0.05, 0.1) is 19.8 Å². The third-order valence-corrected chi connectivity index (χ3v) is 3.35. The summed E-state index contributed by atoms with van der Waals surface area (Å²) in [4.78, 5) is 12.0. The number of nitrogens with zero attached hydrogens (tertiary/aromatic N) is 1. The van der Waals surface area contributed by atoms with Crippen molar-refractivity contribution in [1.29, 1.82) is 0 Å². The van der Waals surface area contributed by atoms with Crippen LogP contribution in [0.2, 0.25) is 0 Å². The van der Waals surface area contributed by atoms with Crippen molar-refractivity contribution < 1.29 is 19.0 Å². The first-order valence-corrected chi connectivity index (χ1v) is 7.90. The van der Waals surface area contributed by atoms with Gasteiger partial charge in [0.15, 0.2) is 6.20 Å². The molecule has 0 bridgehead atoms. The third kappa shape index (κ3) is 5.64. The Balaban J connectivity index is 1.83. The Bertz CT molecular complexity index is 661. The van der Waals surface area contributed by atoms with E-state index in [1.807, 2.05) is 31.2 Å². The summed E-state index contributed by atoms with van der Waals surface area (Å²) in [5.41, 5.74) is 2.05. The zero-order valence-corrected chi connectivity index (χ0v) is 13.7. The highest BCUT2D eigenvalue weighted by Crippen LogP contribution is 2.07. The number of carbonyl (C=O) groups is 1. The van der Waals surface area contributed by atoms with Gasteiger partial charge in [-0.2, -0.15) is 4.73 Å². The summed E-state index contributed by atoms with van der Waals surface area (Å²) in [6.07, 6.45) is 1.30. The Morgan fingerprint density at radius 2 is 1.92 bits per heavy atom. The molecule has 0 radical (unpaired) electrons. The largest absolute Gasteiger partial charge is 0.618 e. The number of amides is 1. The highest BCUT2D eigenvalue weighted by Gasteiger charge is 2.14. The van der Waals surface area contributed by atoms with Crippen LogP contribution >= 0.6 is 0 Å². The van der Waals surface area contributed by atoms with Gasteiger partial charge in [0.1, 0.15) is 0 Å². The van der Waals surface area contributed by atoms with Gasteiger partial charge in [-0.3, -0.25) is 4.79 Å². The van der Waals surface area contributed by atoms with Crippen LogP contribution in [0, 0.1) is 5.21 Å². The van der Waals surface area contributed by atoms with Crippen LogP contribution in [0.25, 0.3) is 0 Å². The van der Waals surface area contributed by atoms with Crippen LogP contribution in [0.1, 0.15) is 28.5 Å². The molecule has 0 atom stereocenters. The minimum Gasteiger partial charge on any atom is -0.618 e. The Hall–Kier alpha value is -2.44. The van der Waals surface area contributed by atoms with Gasteiger partial charge < -0.3 is 20.0 Å². The molecule has 1 aromatic heterocycles. The molecule has 0 saturated carbocycles. The van der Waals surface area contributed by atoms with Gasteiger partial charge in [-0.25, -0.2) is 0 Å². The lowest BCUT2D eigenvalue weighted by Gasteiger charge is -2.08. The lowest BCUT2D eigenvalue weighted by molar-refractivity contribution is -0.607. The molecule has 0 aliphatic carbocycles. The topological polar surface area (TPSA) is 74.5 Å². The van der Waals surface area contributed by atoms with Crippen molar-refractivity contribution in [3.8, 4) is 0 Å². The molecule has 0 aliphatic heterocycles. The third-order valence-electron chi connectivity index (χ3n) is 3.35. The summed E-state index contributed by atoms with van der Waals surface area (Å²) in [6.45, 7) is 4.60. The van der Waals surface area contributed by atoms with E-state index in [1.165, 1.54) is 12.3 Å². The predicted octanol–water partition coefficient (Wildman–Crippen LogP) is 1.80. The highest BCUT2D eigenvalue weighted by molar-refractivity contribution is 5.90. The Morgan fingerprint density at radius 1 is 1.12 bits per heavy atom. The first kappa shape index (κ1) is 17.9. The fourth-order valence-electron chi connectivity index (χ4n) is 2.16. The van der Waals surface area contributed by atoms with E-state index >= 15 is 0 Å². The number of hydrogen-bond donors (Lipinski definition) is 1.